The fourth-order valence-corrected chi connectivity index (χ4v) is 1.32. The van der Waals surface area contributed by atoms with Gasteiger partial charge in [0, 0.05) is 5.69 Å². The first-order valence-corrected chi connectivity index (χ1v) is 4.94. The maximum Gasteiger partial charge on any atom is 0.355 e. The van der Waals surface area contributed by atoms with Gasteiger partial charge < -0.3 is 4.74 Å². The van der Waals surface area contributed by atoms with Crippen LogP contribution in [0.4, 0.5) is 0 Å². The Morgan fingerprint density at radius 3 is 2.38 bits per heavy atom. The van der Waals surface area contributed by atoms with Crippen LogP contribution in [0.15, 0.2) is 6.07 Å². The highest BCUT2D eigenvalue weighted by Crippen LogP contribution is 2.06. The smallest absolute Gasteiger partial charge is 0.355 e. The van der Waals surface area contributed by atoms with E-state index in [1.807, 2.05) is 26.8 Å². The van der Waals surface area contributed by atoms with E-state index in [1.165, 1.54) is 0 Å². The van der Waals surface area contributed by atoms with Gasteiger partial charge in [-0.3, -0.25) is 0 Å². The number of ether oxygens (including phenoxy) is 1. The molecule has 0 aromatic carbocycles. The number of hydrogen-bond donors (Lipinski definition) is 0. The molecule has 0 spiro atoms. The van der Waals surface area contributed by atoms with Crippen LogP contribution in [0.25, 0.3) is 5.95 Å². The summed E-state index contributed by atoms with van der Waals surface area (Å²) in [6.07, 6.45) is 0. The summed E-state index contributed by atoms with van der Waals surface area (Å²) in [4.78, 5) is 0. The van der Waals surface area contributed by atoms with E-state index >= 15 is 0 Å². The number of aromatic nitrogens is 6. The summed E-state index contributed by atoms with van der Waals surface area (Å²) in [6.45, 7) is 6.15. The minimum atomic E-state index is 0.174. The van der Waals surface area contributed by atoms with Crippen LogP contribution in [0.5, 0.6) is 6.01 Å². The van der Waals surface area contributed by atoms with E-state index in [4.69, 9.17) is 4.74 Å². The maximum absolute atomic E-state index is 5.06. The monoisotopic (exact) mass is 220 g/mol. The van der Waals surface area contributed by atoms with Gasteiger partial charge in [-0.15, -0.1) is 10.2 Å². The zero-order valence-electron chi connectivity index (χ0n) is 9.38. The van der Waals surface area contributed by atoms with Gasteiger partial charge in [-0.25, -0.2) is 4.68 Å². The van der Waals surface area contributed by atoms with Crippen LogP contribution in [0.1, 0.15) is 18.3 Å². The first-order valence-electron chi connectivity index (χ1n) is 4.94. The normalized spacial score (nSPS) is 10.4. The molecule has 0 bridgehead atoms. The van der Waals surface area contributed by atoms with Crippen LogP contribution in [0.3, 0.4) is 0 Å². The predicted octanol–water partition coefficient (Wildman–Crippen LogP) is 0.468. The number of hydrogen-bond acceptors (Lipinski definition) is 6. The highest BCUT2D eigenvalue weighted by atomic mass is 16.5. The molecule has 7 nitrogen and oxygen atoms in total. The third-order valence-corrected chi connectivity index (χ3v) is 1.92. The van der Waals surface area contributed by atoms with Crippen molar-refractivity contribution in [1.82, 2.24) is 30.2 Å². The van der Waals surface area contributed by atoms with Crippen LogP contribution in [0, 0.1) is 13.8 Å². The molecular formula is C9H12N6O. The minimum absolute atomic E-state index is 0.174. The fourth-order valence-electron chi connectivity index (χ4n) is 1.32. The van der Waals surface area contributed by atoms with Crippen molar-refractivity contribution in [3.63, 3.8) is 0 Å². The van der Waals surface area contributed by atoms with Gasteiger partial charge in [0.2, 0.25) is 0 Å². The molecule has 0 N–H and O–H groups in total. The molecule has 2 rings (SSSR count). The highest BCUT2D eigenvalue weighted by molar-refractivity contribution is 5.16. The van der Waals surface area contributed by atoms with Crippen molar-refractivity contribution >= 4 is 0 Å². The average molecular weight is 220 g/mol. The summed E-state index contributed by atoms with van der Waals surface area (Å²) in [5.74, 6) is 0.342. The van der Waals surface area contributed by atoms with Gasteiger partial charge in [0.25, 0.3) is 5.95 Å². The van der Waals surface area contributed by atoms with E-state index in [0.717, 1.165) is 11.4 Å². The second-order valence-corrected chi connectivity index (χ2v) is 3.25. The molecule has 0 unspecified atom stereocenters. The SMILES string of the molecule is CCOc1nnc(-n2nc(C)cc2C)nn1. The Labute approximate surface area is 92.5 Å². The second-order valence-electron chi connectivity index (χ2n) is 3.25. The molecular weight excluding hydrogens is 208 g/mol. The van der Waals surface area contributed by atoms with Gasteiger partial charge in [-0.2, -0.15) is 5.10 Å². The molecule has 0 aliphatic heterocycles. The van der Waals surface area contributed by atoms with E-state index < -0.39 is 0 Å². The standard InChI is InChI=1S/C9H12N6O/c1-4-16-9-12-10-8(11-13-9)15-7(3)5-6(2)14-15/h5H,4H2,1-3H3. The third-order valence-electron chi connectivity index (χ3n) is 1.92. The Morgan fingerprint density at radius 2 is 1.88 bits per heavy atom. The van der Waals surface area contributed by atoms with Crippen molar-refractivity contribution in [2.24, 2.45) is 0 Å². The third kappa shape index (κ3) is 1.97. The van der Waals surface area contributed by atoms with Gasteiger partial charge in [0.05, 0.1) is 12.3 Å². The lowest BCUT2D eigenvalue weighted by Gasteiger charge is -2.01. The molecule has 0 radical (unpaired) electrons. The Balaban J connectivity index is 2.31. The summed E-state index contributed by atoms with van der Waals surface area (Å²) in [5, 5.41) is 19.6. The number of aryl methyl sites for hydroxylation is 2. The molecule has 16 heavy (non-hydrogen) atoms. The summed E-state index contributed by atoms with van der Waals surface area (Å²) in [5.41, 5.74) is 1.83. The fraction of sp³-hybridized carbons (Fsp3) is 0.444. The minimum Gasteiger partial charge on any atom is -0.462 e. The van der Waals surface area contributed by atoms with Crippen molar-refractivity contribution < 1.29 is 4.74 Å². The Hall–Kier alpha value is -2.05. The predicted molar refractivity (Wildman–Crippen MR) is 55.4 cm³/mol. The highest BCUT2D eigenvalue weighted by Gasteiger charge is 2.08. The van der Waals surface area contributed by atoms with Gasteiger partial charge in [-0.1, -0.05) is 10.2 Å². The molecule has 7 heteroatoms. The van der Waals surface area contributed by atoms with Crippen molar-refractivity contribution in [3.05, 3.63) is 17.5 Å². The summed E-state index contributed by atoms with van der Waals surface area (Å²) < 4.78 is 6.64. The molecule has 2 heterocycles. The number of rotatable bonds is 3. The lowest BCUT2D eigenvalue weighted by atomic mass is 10.4. The van der Waals surface area contributed by atoms with Gasteiger partial charge in [0.15, 0.2) is 0 Å². The Kier molecular flexibility index (Phi) is 2.76. The van der Waals surface area contributed by atoms with Crippen molar-refractivity contribution in [3.8, 4) is 12.0 Å². The summed E-state index contributed by atoms with van der Waals surface area (Å²) in [7, 11) is 0. The van der Waals surface area contributed by atoms with Crippen LogP contribution < -0.4 is 4.74 Å². The van der Waals surface area contributed by atoms with Crippen molar-refractivity contribution in [2.75, 3.05) is 6.61 Å². The molecule has 0 atom stereocenters. The molecule has 2 aromatic rings. The molecule has 0 aliphatic rings. The van der Waals surface area contributed by atoms with E-state index in [-0.39, 0.29) is 6.01 Å². The zero-order chi connectivity index (χ0) is 11.5. The first-order chi connectivity index (χ1) is 7.70. The molecule has 0 amide bonds. The van der Waals surface area contributed by atoms with E-state index in [1.54, 1.807) is 4.68 Å². The zero-order valence-corrected chi connectivity index (χ0v) is 9.38. The Bertz CT molecular complexity index is 477. The maximum atomic E-state index is 5.06. The summed E-state index contributed by atoms with van der Waals surface area (Å²) >= 11 is 0. The van der Waals surface area contributed by atoms with E-state index in [2.05, 4.69) is 25.5 Å². The van der Waals surface area contributed by atoms with Crippen LogP contribution in [0.2, 0.25) is 0 Å². The molecule has 0 saturated heterocycles. The van der Waals surface area contributed by atoms with Crippen LogP contribution in [-0.2, 0) is 0 Å². The average Bonchev–Trinajstić information content (AvgIpc) is 2.59. The van der Waals surface area contributed by atoms with Gasteiger partial charge in [0.1, 0.15) is 0 Å². The van der Waals surface area contributed by atoms with Crippen LogP contribution in [-0.4, -0.2) is 36.8 Å². The quantitative estimate of drug-likeness (QED) is 0.748. The van der Waals surface area contributed by atoms with E-state index in [9.17, 15) is 0 Å². The second kappa shape index (κ2) is 4.21. The van der Waals surface area contributed by atoms with Crippen LogP contribution >= 0.6 is 0 Å². The first kappa shape index (κ1) is 10.5. The van der Waals surface area contributed by atoms with Gasteiger partial charge >= 0.3 is 6.01 Å². The topological polar surface area (TPSA) is 78.6 Å². The summed E-state index contributed by atoms with van der Waals surface area (Å²) in [6, 6.07) is 2.10. The van der Waals surface area contributed by atoms with Gasteiger partial charge in [-0.05, 0) is 26.8 Å². The molecule has 84 valence electrons. The van der Waals surface area contributed by atoms with Crippen molar-refractivity contribution in [2.45, 2.75) is 20.8 Å². The largest absolute Gasteiger partial charge is 0.462 e. The van der Waals surface area contributed by atoms with Crippen molar-refractivity contribution in [1.29, 1.82) is 0 Å². The molecule has 0 aliphatic carbocycles. The molecule has 0 saturated carbocycles. The number of nitrogens with zero attached hydrogens (tertiary/aromatic N) is 6. The lowest BCUT2D eigenvalue weighted by Crippen LogP contribution is -2.09. The lowest BCUT2D eigenvalue weighted by molar-refractivity contribution is 0.301. The van der Waals surface area contributed by atoms with E-state index in [0.29, 0.717) is 12.6 Å². The molecule has 2 aromatic heterocycles. The molecule has 0 fully saturated rings. The Morgan fingerprint density at radius 1 is 1.19 bits per heavy atom.